The van der Waals surface area contributed by atoms with Crippen LogP contribution < -0.4 is 9.46 Å². The van der Waals surface area contributed by atoms with Crippen molar-refractivity contribution < 1.29 is 17.5 Å². The Morgan fingerprint density at radius 1 is 1.04 bits per heavy atom. The highest BCUT2D eigenvalue weighted by Crippen LogP contribution is 2.19. The Morgan fingerprint density at radius 3 is 2.43 bits per heavy atom. The van der Waals surface area contributed by atoms with Crippen molar-refractivity contribution in [2.45, 2.75) is 24.2 Å². The highest BCUT2D eigenvalue weighted by molar-refractivity contribution is 7.89. The van der Waals surface area contributed by atoms with E-state index in [0.717, 1.165) is 36.3 Å². The van der Waals surface area contributed by atoms with Crippen molar-refractivity contribution in [3.8, 4) is 5.75 Å². The van der Waals surface area contributed by atoms with Crippen LogP contribution in [0.2, 0.25) is 0 Å². The van der Waals surface area contributed by atoms with Gasteiger partial charge in [0.1, 0.15) is 11.6 Å². The topological polar surface area (TPSA) is 55.4 Å². The van der Waals surface area contributed by atoms with Crippen LogP contribution in [0.3, 0.4) is 0 Å². The van der Waals surface area contributed by atoms with E-state index in [1.807, 2.05) is 24.3 Å². The molecule has 0 fully saturated rings. The normalized spacial score (nSPS) is 11.4. The molecule has 23 heavy (non-hydrogen) atoms. The summed E-state index contributed by atoms with van der Waals surface area (Å²) in [6, 6.07) is 12.6. The summed E-state index contributed by atoms with van der Waals surface area (Å²) in [6.45, 7) is 0.342. The third-order valence-electron chi connectivity index (χ3n) is 3.48. The molecule has 2 aromatic rings. The fourth-order valence-corrected chi connectivity index (χ4v) is 3.33. The predicted molar refractivity (Wildman–Crippen MR) is 87.5 cm³/mol. The SMILES string of the molecule is COc1ccccc1CCCCNS(=O)(=O)c1ccc(F)cc1. The first-order valence-electron chi connectivity index (χ1n) is 7.40. The van der Waals surface area contributed by atoms with Gasteiger partial charge < -0.3 is 4.74 Å². The van der Waals surface area contributed by atoms with Gasteiger partial charge in [0.25, 0.3) is 0 Å². The van der Waals surface area contributed by atoms with E-state index in [2.05, 4.69) is 4.72 Å². The molecule has 0 aliphatic heterocycles. The molecule has 0 aliphatic rings. The fraction of sp³-hybridized carbons (Fsp3) is 0.294. The quantitative estimate of drug-likeness (QED) is 0.753. The molecule has 0 aliphatic carbocycles. The molecule has 0 bridgehead atoms. The highest BCUT2D eigenvalue weighted by Gasteiger charge is 2.12. The maximum Gasteiger partial charge on any atom is 0.240 e. The van der Waals surface area contributed by atoms with Crippen LogP contribution in [0, 0.1) is 5.82 Å². The first-order chi connectivity index (χ1) is 11.0. The van der Waals surface area contributed by atoms with E-state index >= 15 is 0 Å². The van der Waals surface area contributed by atoms with Crippen LogP contribution in [0.5, 0.6) is 5.75 Å². The molecule has 0 saturated heterocycles. The summed E-state index contributed by atoms with van der Waals surface area (Å²) < 4.78 is 44.7. The van der Waals surface area contributed by atoms with Crippen LogP contribution in [0.25, 0.3) is 0 Å². The first-order valence-corrected chi connectivity index (χ1v) is 8.88. The molecular weight excluding hydrogens is 317 g/mol. The number of benzene rings is 2. The number of methoxy groups -OCH3 is 1. The molecule has 6 heteroatoms. The molecule has 124 valence electrons. The van der Waals surface area contributed by atoms with Crippen molar-refractivity contribution in [2.75, 3.05) is 13.7 Å². The molecule has 0 spiro atoms. The molecule has 0 heterocycles. The molecule has 0 unspecified atom stereocenters. The number of hydrogen-bond donors (Lipinski definition) is 1. The van der Waals surface area contributed by atoms with Gasteiger partial charge in [-0.3, -0.25) is 0 Å². The van der Waals surface area contributed by atoms with Gasteiger partial charge in [0.2, 0.25) is 10.0 Å². The van der Waals surface area contributed by atoms with Crippen LogP contribution >= 0.6 is 0 Å². The second-order valence-electron chi connectivity index (χ2n) is 5.12. The Balaban J connectivity index is 1.80. The summed E-state index contributed by atoms with van der Waals surface area (Å²) in [7, 11) is -1.94. The van der Waals surface area contributed by atoms with E-state index in [4.69, 9.17) is 4.74 Å². The zero-order valence-corrected chi connectivity index (χ0v) is 13.8. The van der Waals surface area contributed by atoms with Gasteiger partial charge in [0.05, 0.1) is 12.0 Å². The molecule has 0 saturated carbocycles. The van der Waals surface area contributed by atoms with E-state index in [9.17, 15) is 12.8 Å². The van der Waals surface area contributed by atoms with E-state index in [1.54, 1.807) is 7.11 Å². The van der Waals surface area contributed by atoms with E-state index in [-0.39, 0.29) is 4.90 Å². The van der Waals surface area contributed by atoms with Crippen molar-refractivity contribution in [3.63, 3.8) is 0 Å². The number of rotatable bonds is 8. The average Bonchev–Trinajstić information content (AvgIpc) is 2.55. The van der Waals surface area contributed by atoms with Gasteiger partial charge in [0, 0.05) is 6.54 Å². The molecule has 4 nitrogen and oxygen atoms in total. The third-order valence-corrected chi connectivity index (χ3v) is 4.96. The average molecular weight is 337 g/mol. The van der Waals surface area contributed by atoms with Gasteiger partial charge in [0.15, 0.2) is 0 Å². The zero-order valence-electron chi connectivity index (χ0n) is 13.0. The van der Waals surface area contributed by atoms with E-state index in [0.29, 0.717) is 13.0 Å². The van der Waals surface area contributed by atoms with Gasteiger partial charge in [-0.15, -0.1) is 0 Å². The van der Waals surface area contributed by atoms with Crippen LogP contribution in [0.1, 0.15) is 18.4 Å². The van der Waals surface area contributed by atoms with Crippen LogP contribution in [-0.2, 0) is 16.4 Å². The van der Waals surface area contributed by atoms with Gasteiger partial charge >= 0.3 is 0 Å². The van der Waals surface area contributed by atoms with Crippen molar-refractivity contribution >= 4 is 10.0 Å². The number of unbranched alkanes of at least 4 members (excludes halogenated alkanes) is 1. The lowest BCUT2D eigenvalue weighted by Gasteiger charge is -2.09. The lowest BCUT2D eigenvalue weighted by atomic mass is 10.1. The van der Waals surface area contributed by atoms with Crippen molar-refractivity contribution in [2.24, 2.45) is 0 Å². The van der Waals surface area contributed by atoms with Gasteiger partial charge in [-0.2, -0.15) is 0 Å². The van der Waals surface area contributed by atoms with Gasteiger partial charge in [-0.25, -0.2) is 17.5 Å². The number of aryl methyl sites for hydroxylation is 1. The minimum atomic E-state index is -3.58. The van der Waals surface area contributed by atoms with Crippen molar-refractivity contribution in [1.82, 2.24) is 4.72 Å². The molecular formula is C17H20FNO3S. The Bertz CT molecular complexity index is 730. The lowest BCUT2D eigenvalue weighted by molar-refractivity contribution is 0.409. The Labute approximate surface area is 136 Å². The first kappa shape index (κ1) is 17.4. The standard InChI is InChI=1S/C17H20FNO3S/c1-22-17-8-3-2-6-14(17)7-4-5-13-19-23(20,21)16-11-9-15(18)10-12-16/h2-3,6,8-12,19H,4-5,7,13H2,1H3. The molecule has 0 atom stereocenters. The second kappa shape index (κ2) is 8.08. The van der Waals surface area contributed by atoms with Crippen LogP contribution in [0.15, 0.2) is 53.4 Å². The highest BCUT2D eigenvalue weighted by atomic mass is 32.2. The van der Waals surface area contributed by atoms with E-state index < -0.39 is 15.8 Å². The smallest absolute Gasteiger partial charge is 0.240 e. The number of hydrogen-bond acceptors (Lipinski definition) is 3. The molecule has 0 aromatic heterocycles. The number of ether oxygens (including phenoxy) is 1. The predicted octanol–water partition coefficient (Wildman–Crippen LogP) is 3.14. The van der Waals surface area contributed by atoms with Crippen molar-refractivity contribution in [3.05, 3.63) is 59.9 Å². The summed E-state index contributed by atoms with van der Waals surface area (Å²) in [4.78, 5) is 0.0728. The number of para-hydroxylation sites is 1. The van der Waals surface area contributed by atoms with Crippen molar-refractivity contribution in [1.29, 1.82) is 0 Å². The Hall–Kier alpha value is -1.92. The number of halogens is 1. The minimum Gasteiger partial charge on any atom is -0.496 e. The maximum absolute atomic E-state index is 12.8. The fourth-order valence-electron chi connectivity index (χ4n) is 2.25. The lowest BCUT2D eigenvalue weighted by Crippen LogP contribution is -2.24. The second-order valence-corrected chi connectivity index (χ2v) is 6.89. The monoisotopic (exact) mass is 337 g/mol. The summed E-state index contributed by atoms with van der Waals surface area (Å²) in [6.07, 6.45) is 2.37. The summed E-state index contributed by atoms with van der Waals surface area (Å²) in [5.41, 5.74) is 1.11. The summed E-state index contributed by atoms with van der Waals surface area (Å²) in [5.74, 6) is 0.389. The molecule has 2 rings (SSSR count). The summed E-state index contributed by atoms with van der Waals surface area (Å²) in [5, 5.41) is 0. The van der Waals surface area contributed by atoms with E-state index in [1.165, 1.54) is 12.1 Å². The largest absolute Gasteiger partial charge is 0.496 e. The molecule has 0 amide bonds. The zero-order chi connectivity index (χ0) is 16.7. The number of nitrogens with one attached hydrogen (secondary N) is 1. The van der Waals surface area contributed by atoms with Gasteiger partial charge in [-0.05, 0) is 55.2 Å². The maximum atomic E-state index is 12.8. The third kappa shape index (κ3) is 5.04. The molecule has 2 aromatic carbocycles. The Kier molecular flexibility index (Phi) is 6.12. The number of sulfonamides is 1. The van der Waals surface area contributed by atoms with Crippen LogP contribution in [-0.4, -0.2) is 22.1 Å². The van der Waals surface area contributed by atoms with Crippen LogP contribution in [0.4, 0.5) is 4.39 Å². The summed E-state index contributed by atoms with van der Waals surface area (Å²) >= 11 is 0. The van der Waals surface area contributed by atoms with Gasteiger partial charge in [-0.1, -0.05) is 18.2 Å². The minimum absolute atomic E-state index is 0.0728. The molecule has 1 N–H and O–H groups in total. The Morgan fingerprint density at radius 2 is 1.74 bits per heavy atom. The molecule has 0 radical (unpaired) electrons.